The molecular weight excluding hydrogens is 174 g/mol. The normalized spacial score (nSPS) is 15.1. The van der Waals surface area contributed by atoms with Gasteiger partial charge in [0, 0.05) is 19.8 Å². The van der Waals surface area contributed by atoms with Crippen LogP contribution in [0.3, 0.4) is 0 Å². The summed E-state index contributed by atoms with van der Waals surface area (Å²) in [6.45, 7) is 6.61. The maximum Gasteiger partial charge on any atom is 0.0521 e. The molecule has 14 heavy (non-hydrogen) atoms. The Balaban J connectivity index is 2.51. The molecule has 0 aromatic carbocycles. The molecule has 1 unspecified atom stereocenters. The fourth-order valence-electron chi connectivity index (χ4n) is 1.32. The van der Waals surface area contributed by atoms with Crippen molar-refractivity contribution in [2.24, 2.45) is 18.2 Å². The highest BCUT2D eigenvalue weighted by Crippen LogP contribution is 2.23. The predicted molar refractivity (Wildman–Crippen MR) is 58.9 cm³/mol. The lowest BCUT2D eigenvalue weighted by Crippen LogP contribution is -2.25. The van der Waals surface area contributed by atoms with Crippen molar-refractivity contribution in [3.05, 3.63) is 30.6 Å². The standard InChI is InChI=1S/C11H19N3/c1-4-11(2,9-12)6-5-10-7-13-14(3)8-10/h4,7-8H,1,5-6,9,12H2,2-3H3. The Morgan fingerprint density at radius 3 is 2.86 bits per heavy atom. The zero-order valence-electron chi connectivity index (χ0n) is 9.03. The zero-order valence-corrected chi connectivity index (χ0v) is 9.03. The first kappa shape index (κ1) is 11.0. The molecule has 0 aliphatic rings. The molecule has 0 aliphatic carbocycles. The monoisotopic (exact) mass is 193 g/mol. The molecule has 0 radical (unpaired) electrons. The predicted octanol–water partition coefficient (Wildman–Crippen LogP) is 1.50. The number of aromatic nitrogens is 2. The van der Waals surface area contributed by atoms with Gasteiger partial charge in [0.1, 0.15) is 0 Å². The van der Waals surface area contributed by atoms with Crippen LogP contribution in [-0.4, -0.2) is 16.3 Å². The summed E-state index contributed by atoms with van der Waals surface area (Å²) in [7, 11) is 1.93. The number of aryl methyl sites for hydroxylation is 2. The second-order valence-corrected chi connectivity index (χ2v) is 4.08. The summed E-state index contributed by atoms with van der Waals surface area (Å²) in [6, 6.07) is 0. The fraction of sp³-hybridized carbons (Fsp3) is 0.545. The third-order valence-corrected chi connectivity index (χ3v) is 2.70. The molecule has 1 atom stereocenters. The summed E-state index contributed by atoms with van der Waals surface area (Å²) in [6.07, 6.45) is 7.93. The minimum atomic E-state index is 0.0514. The van der Waals surface area contributed by atoms with Gasteiger partial charge in [0.15, 0.2) is 0 Å². The van der Waals surface area contributed by atoms with E-state index in [1.807, 2.05) is 30.2 Å². The molecule has 1 heterocycles. The maximum atomic E-state index is 5.69. The van der Waals surface area contributed by atoms with Gasteiger partial charge in [-0.1, -0.05) is 13.0 Å². The summed E-state index contributed by atoms with van der Waals surface area (Å²) in [5.74, 6) is 0. The van der Waals surface area contributed by atoms with Crippen molar-refractivity contribution in [3.63, 3.8) is 0 Å². The Bertz CT molecular complexity index is 303. The van der Waals surface area contributed by atoms with Gasteiger partial charge in [-0.3, -0.25) is 4.68 Å². The molecular formula is C11H19N3. The van der Waals surface area contributed by atoms with E-state index in [0.29, 0.717) is 6.54 Å². The zero-order chi connectivity index (χ0) is 10.6. The van der Waals surface area contributed by atoms with Crippen LogP contribution in [0, 0.1) is 5.41 Å². The quantitative estimate of drug-likeness (QED) is 0.720. The van der Waals surface area contributed by atoms with Gasteiger partial charge < -0.3 is 5.73 Å². The van der Waals surface area contributed by atoms with Gasteiger partial charge in [-0.2, -0.15) is 5.10 Å². The first-order chi connectivity index (χ1) is 6.59. The molecule has 78 valence electrons. The van der Waals surface area contributed by atoms with Crippen LogP contribution >= 0.6 is 0 Å². The van der Waals surface area contributed by atoms with Crippen molar-refractivity contribution in [1.29, 1.82) is 0 Å². The SMILES string of the molecule is C=CC(C)(CN)CCc1cnn(C)c1. The molecule has 0 aliphatic heterocycles. The van der Waals surface area contributed by atoms with E-state index in [0.717, 1.165) is 12.8 Å². The van der Waals surface area contributed by atoms with Crippen LogP contribution in [0.25, 0.3) is 0 Å². The largest absolute Gasteiger partial charge is 0.330 e. The Morgan fingerprint density at radius 2 is 2.43 bits per heavy atom. The smallest absolute Gasteiger partial charge is 0.0521 e. The summed E-state index contributed by atoms with van der Waals surface area (Å²) < 4.78 is 1.82. The molecule has 0 saturated heterocycles. The second kappa shape index (κ2) is 4.42. The molecule has 3 nitrogen and oxygen atoms in total. The highest BCUT2D eigenvalue weighted by Gasteiger charge is 2.17. The lowest BCUT2D eigenvalue weighted by Gasteiger charge is -2.22. The lowest BCUT2D eigenvalue weighted by molar-refractivity contribution is 0.405. The molecule has 1 aromatic rings. The van der Waals surface area contributed by atoms with Crippen LogP contribution in [0.15, 0.2) is 25.0 Å². The van der Waals surface area contributed by atoms with E-state index in [-0.39, 0.29) is 5.41 Å². The van der Waals surface area contributed by atoms with E-state index in [4.69, 9.17) is 5.73 Å². The first-order valence-electron chi connectivity index (χ1n) is 4.91. The van der Waals surface area contributed by atoms with Gasteiger partial charge in [0.25, 0.3) is 0 Å². The van der Waals surface area contributed by atoms with E-state index in [1.165, 1.54) is 5.56 Å². The van der Waals surface area contributed by atoms with Crippen LogP contribution in [0.2, 0.25) is 0 Å². The van der Waals surface area contributed by atoms with Crippen LogP contribution < -0.4 is 5.73 Å². The number of rotatable bonds is 5. The Kier molecular flexibility index (Phi) is 3.47. The van der Waals surface area contributed by atoms with Crippen molar-refractivity contribution in [2.45, 2.75) is 19.8 Å². The topological polar surface area (TPSA) is 43.8 Å². The number of nitrogens with two attached hydrogens (primary N) is 1. The van der Waals surface area contributed by atoms with Gasteiger partial charge in [-0.05, 0) is 23.8 Å². The highest BCUT2D eigenvalue weighted by molar-refractivity contribution is 5.06. The van der Waals surface area contributed by atoms with Crippen molar-refractivity contribution >= 4 is 0 Å². The summed E-state index contributed by atoms with van der Waals surface area (Å²) in [4.78, 5) is 0. The first-order valence-corrected chi connectivity index (χ1v) is 4.91. The molecule has 0 spiro atoms. The molecule has 0 amide bonds. The Hall–Kier alpha value is -1.09. The molecule has 1 rings (SSSR count). The van der Waals surface area contributed by atoms with Gasteiger partial charge in [-0.15, -0.1) is 6.58 Å². The fourth-order valence-corrected chi connectivity index (χ4v) is 1.32. The number of hydrogen-bond acceptors (Lipinski definition) is 2. The summed E-state index contributed by atoms with van der Waals surface area (Å²) >= 11 is 0. The van der Waals surface area contributed by atoms with Gasteiger partial charge in [-0.25, -0.2) is 0 Å². The molecule has 0 fully saturated rings. The van der Waals surface area contributed by atoms with Gasteiger partial charge in [0.2, 0.25) is 0 Å². The lowest BCUT2D eigenvalue weighted by atomic mass is 9.85. The van der Waals surface area contributed by atoms with Crippen molar-refractivity contribution in [3.8, 4) is 0 Å². The van der Waals surface area contributed by atoms with Crippen molar-refractivity contribution < 1.29 is 0 Å². The molecule has 0 bridgehead atoms. The van der Waals surface area contributed by atoms with E-state index >= 15 is 0 Å². The highest BCUT2D eigenvalue weighted by atomic mass is 15.2. The molecule has 2 N–H and O–H groups in total. The van der Waals surface area contributed by atoms with Crippen molar-refractivity contribution in [2.75, 3.05) is 6.54 Å². The molecule has 1 aromatic heterocycles. The summed E-state index contributed by atoms with van der Waals surface area (Å²) in [5.41, 5.74) is 7.00. The van der Waals surface area contributed by atoms with Crippen LogP contribution in [0.1, 0.15) is 18.9 Å². The minimum absolute atomic E-state index is 0.0514. The van der Waals surface area contributed by atoms with Crippen LogP contribution in [0.5, 0.6) is 0 Å². The van der Waals surface area contributed by atoms with E-state index < -0.39 is 0 Å². The van der Waals surface area contributed by atoms with Gasteiger partial charge in [0.05, 0.1) is 6.20 Å². The third kappa shape index (κ3) is 2.70. The number of nitrogens with zero attached hydrogens (tertiary/aromatic N) is 2. The van der Waals surface area contributed by atoms with Crippen LogP contribution in [0.4, 0.5) is 0 Å². The Labute approximate surface area is 85.6 Å². The minimum Gasteiger partial charge on any atom is -0.330 e. The maximum absolute atomic E-state index is 5.69. The van der Waals surface area contributed by atoms with Crippen molar-refractivity contribution in [1.82, 2.24) is 9.78 Å². The Morgan fingerprint density at radius 1 is 1.71 bits per heavy atom. The van der Waals surface area contributed by atoms with E-state index in [2.05, 4.69) is 18.6 Å². The number of hydrogen-bond donors (Lipinski definition) is 1. The van der Waals surface area contributed by atoms with Gasteiger partial charge >= 0.3 is 0 Å². The summed E-state index contributed by atoms with van der Waals surface area (Å²) in [5, 5.41) is 4.13. The second-order valence-electron chi connectivity index (χ2n) is 4.08. The average Bonchev–Trinajstić information content (AvgIpc) is 2.61. The van der Waals surface area contributed by atoms with E-state index in [1.54, 1.807) is 0 Å². The van der Waals surface area contributed by atoms with E-state index in [9.17, 15) is 0 Å². The van der Waals surface area contributed by atoms with Crippen LogP contribution in [-0.2, 0) is 13.5 Å². The molecule has 3 heteroatoms. The molecule has 0 saturated carbocycles. The third-order valence-electron chi connectivity index (χ3n) is 2.70. The average molecular weight is 193 g/mol.